The quantitative estimate of drug-likeness (QED) is 0.160. The average molecular weight is 553 g/mol. The molecular formula is C29H29ClN2O5S. The summed E-state index contributed by atoms with van der Waals surface area (Å²) in [7, 11) is -3.60. The second-order valence-corrected chi connectivity index (χ2v) is 10.9. The van der Waals surface area contributed by atoms with E-state index in [1.807, 2.05) is 77.7 Å². The molecule has 0 spiro atoms. The second-order valence-electron chi connectivity index (χ2n) is 8.72. The van der Waals surface area contributed by atoms with Gasteiger partial charge < -0.3 is 19.5 Å². The van der Waals surface area contributed by atoms with E-state index in [0.717, 1.165) is 23.3 Å². The number of anilines is 2. The molecular weight excluding hydrogens is 524 g/mol. The van der Waals surface area contributed by atoms with Crippen LogP contribution >= 0.6 is 11.6 Å². The molecule has 38 heavy (non-hydrogen) atoms. The highest BCUT2D eigenvalue weighted by Gasteiger charge is 2.21. The SMILES string of the molecule is CS(=O)(=O)Nc1cc([C@H](CN(COc2ccccc2)c2ccc(Cl)cc2)OCc2ccccc2)ccc1O. The number of phenols is 1. The van der Waals surface area contributed by atoms with Gasteiger partial charge in [-0.3, -0.25) is 4.72 Å². The summed E-state index contributed by atoms with van der Waals surface area (Å²) in [5, 5.41) is 10.9. The molecule has 7 nitrogen and oxygen atoms in total. The lowest BCUT2D eigenvalue weighted by Gasteiger charge is -2.30. The largest absolute Gasteiger partial charge is 0.506 e. The molecule has 198 valence electrons. The van der Waals surface area contributed by atoms with Crippen molar-refractivity contribution >= 4 is 33.0 Å². The van der Waals surface area contributed by atoms with Crippen molar-refractivity contribution in [2.45, 2.75) is 12.7 Å². The molecule has 0 aliphatic rings. The van der Waals surface area contributed by atoms with E-state index in [4.69, 9.17) is 21.1 Å². The number of hydrogen-bond acceptors (Lipinski definition) is 6. The third-order valence-electron chi connectivity index (χ3n) is 5.69. The lowest BCUT2D eigenvalue weighted by Crippen LogP contribution is -2.33. The fourth-order valence-electron chi connectivity index (χ4n) is 3.81. The number of hydrogen-bond donors (Lipinski definition) is 2. The van der Waals surface area contributed by atoms with Crippen LogP contribution in [0.2, 0.25) is 5.02 Å². The Balaban J connectivity index is 1.65. The standard InChI is InChI=1S/C29H29ClN2O5S/c1-38(34,35)31-27-18-23(12-17-28(27)33)29(36-20-22-8-4-2-5-9-22)19-32(25-15-13-24(30)14-16-25)21-37-26-10-6-3-7-11-26/h2-18,29,31,33H,19-21H2,1H3/t29-/m0/s1. The second kappa shape index (κ2) is 12.7. The number of ether oxygens (including phenoxy) is 2. The number of halogens is 1. The first-order valence-electron chi connectivity index (χ1n) is 11.9. The first-order chi connectivity index (χ1) is 18.3. The first kappa shape index (κ1) is 27.3. The Kier molecular flexibility index (Phi) is 9.12. The molecule has 0 unspecified atom stereocenters. The van der Waals surface area contributed by atoms with Gasteiger partial charge in [0.25, 0.3) is 0 Å². The first-order valence-corrected chi connectivity index (χ1v) is 14.2. The van der Waals surface area contributed by atoms with Crippen LogP contribution in [-0.4, -0.2) is 33.1 Å². The Morgan fingerprint density at radius 3 is 2.24 bits per heavy atom. The summed E-state index contributed by atoms with van der Waals surface area (Å²) in [6.45, 7) is 0.920. The minimum atomic E-state index is -3.60. The predicted octanol–water partition coefficient (Wildman–Crippen LogP) is 6.22. The van der Waals surface area contributed by atoms with Gasteiger partial charge in [-0.05, 0) is 59.7 Å². The molecule has 9 heteroatoms. The lowest BCUT2D eigenvalue weighted by molar-refractivity contribution is 0.0421. The van der Waals surface area contributed by atoms with Crippen molar-refractivity contribution in [2.75, 3.05) is 29.2 Å². The van der Waals surface area contributed by atoms with E-state index in [1.54, 1.807) is 24.3 Å². The molecule has 4 rings (SSSR count). The molecule has 4 aromatic carbocycles. The molecule has 2 N–H and O–H groups in total. The van der Waals surface area contributed by atoms with Gasteiger partial charge in [0.05, 0.1) is 25.1 Å². The summed E-state index contributed by atoms with van der Waals surface area (Å²) in [6.07, 6.45) is 0.525. The molecule has 0 aliphatic carbocycles. The number of nitrogens with one attached hydrogen (secondary N) is 1. The molecule has 0 aliphatic heterocycles. The van der Waals surface area contributed by atoms with Crippen molar-refractivity contribution in [3.8, 4) is 11.5 Å². The Hall–Kier alpha value is -3.72. The maximum atomic E-state index is 11.9. The lowest BCUT2D eigenvalue weighted by atomic mass is 10.1. The molecule has 0 saturated carbocycles. The zero-order valence-electron chi connectivity index (χ0n) is 20.8. The minimum absolute atomic E-state index is 0.0805. The molecule has 1 atom stereocenters. The number of para-hydroxylation sites is 1. The van der Waals surface area contributed by atoms with Crippen LogP contribution in [0.25, 0.3) is 0 Å². The average Bonchev–Trinajstić information content (AvgIpc) is 2.91. The summed E-state index contributed by atoms with van der Waals surface area (Å²) in [6, 6.07) is 31.4. The highest BCUT2D eigenvalue weighted by atomic mass is 35.5. The third-order valence-corrected chi connectivity index (χ3v) is 6.53. The van der Waals surface area contributed by atoms with Gasteiger partial charge in [0.15, 0.2) is 6.73 Å². The fourth-order valence-corrected chi connectivity index (χ4v) is 4.50. The Labute approximate surface area is 228 Å². The van der Waals surface area contributed by atoms with Crippen LogP contribution in [0.1, 0.15) is 17.2 Å². The van der Waals surface area contributed by atoms with Crippen LogP contribution in [0.4, 0.5) is 11.4 Å². The maximum absolute atomic E-state index is 11.9. The van der Waals surface area contributed by atoms with E-state index in [1.165, 1.54) is 6.07 Å². The fraction of sp³-hybridized carbons (Fsp3) is 0.172. The zero-order chi connectivity index (χ0) is 27.0. The zero-order valence-corrected chi connectivity index (χ0v) is 22.4. The van der Waals surface area contributed by atoms with Crippen molar-refractivity contribution in [1.29, 1.82) is 0 Å². The monoisotopic (exact) mass is 552 g/mol. The summed E-state index contributed by atoms with van der Waals surface area (Å²) in [5.74, 6) is 0.542. The van der Waals surface area contributed by atoms with Crippen molar-refractivity contribution < 1.29 is 23.0 Å². The molecule has 0 fully saturated rings. The Bertz CT molecular complexity index is 1420. The Morgan fingerprint density at radius 2 is 1.58 bits per heavy atom. The predicted molar refractivity (Wildman–Crippen MR) is 151 cm³/mol. The normalized spacial score (nSPS) is 12.1. The van der Waals surface area contributed by atoms with E-state index in [2.05, 4.69) is 4.72 Å². The van der Waals surface area contributed by atoms with Gasteiger partial charge in [0, 0.05) is 10.7 Å². The van der Waals surface area contributed by atoms with E-state index in [-0.39, 0.29) is 18.2 Å². The summed E-state index contributed by atoms with van der Waals surface area (Å²) in [4.78, 5) is 2.01. The van der Waals surface area contributed by atoms with Gasteiger partial charge in [0.1, 0.15) is 17.6 Å². The molecule has 0 amide bonds. The number of benzene rings is 4. The van der Waals surface area contributed by atoms with Gasteiger partial charge in [-0.15, -0.1) is 0 Å². The van der Waals surface area contributed by atoms with Crippen LogP contribution in [0.15, 0.2) is 103 Å². The van der Waals surface area contributed by atoms with Crippen LogP contribution in [0.3, 0.4) is 0 Å². The number of sulfonamides is 1. The van der Waals surface area contributed by atoms with Gasteiger partial charge in [-0.25, -0.2) is 8.42 Å². The molecule has 0 bridgehead atoms. The van der Waals surface area contributed by atoms with Gasteiger partial charge in [-0.1, -0.05) is 66.2 Å². The molecule has 0 heterocycles. The number of phenolic OH excluding ortho intramolecular Hbond substituents is 1. The van der Waals surface area contributed by atoms with Crippen molar-refractivity contribution in [2.24, 2.45) is 0 Å². The topological polar surface area (TPSA) is 88.1 Å². The summed E-state index contributed by atoms with van der Waals surface area (Å²) in [5.41, 5.74) is 2.62. The number of nitrogens with zero attached hydrogens (tertiary/aromatic N) is 1. The summed E-state index contributed by atoms with van der Waals surface area (Å²) >= 11 is 6.14. The maximum Gasteiger partial charge on any atom is 0.229 e. The highest BCUT2D eigenvalue weighted by molar-refractivity contribution is 7.92. The van der Waals surface area contributed by atoms with Crippen molar-refractivity contribution in [3.05, 3.63) is 119 Å². The Morgan fingerprint density at radius 1 is 0.921 bits per heavy atom. The van der Waals surface area contributed by atoms with Crippen LogP contribution in [0.5, 0.6) is 11.5 Å². The molecule has 0 aromatic heterocycles. The van der Waals surface area contributed by atoms with Gasteiger partial charge in [0.2, 0.25) is 10.0 Å². The van der Waals surface area contributed by atoms with Crippen molar-refractivity contribution in [1.82, 2.24) is 0 Å². The van der Waals surface area contributed by atoms with Crippen molar-refractivity contribution in [3.63, 3.8) is 0 Å². The molecule has 0 saturated heterocycles. The van der Waals surface area contributed by atoms with E-state index in [0.29, 0.717) is 23.7 Å². The van der Waals surface area contributed by atoms with Gasteiger partial charge in [-0.2, -0.15) is 0 Å². The smallest absolute Gasteiger partial charge is 0.229 e. The number of aromatic hydroxyl groups is 1. The highest BCUT2D eigenvalue weighted by Crippen LogP contribution is 2.31. The summed E-state index contributed by atoms with van der Waals surface area (Å²) < 4.78 is 38.6. The van der Waals surface area contributed by atoms with E-state index in [9.17, 15) is 13.5 Å². The third kappa shape index (κ3) is 8.14. The molecule has 4 aromatic rings. The van der Waals surface area contributed by atoms with Crippen LogP contribution in [-0.2, 0) is 21.4 Å². The van der Waals surface area contributed by atoms with Crippen LogP contribution in [0, 0.1) is 0 Å². The van der Waals surface area contributed by atoms with Gasteiger partial charge >= 0.3 is 0 Å². The van der Waals surface area contributed by atoms with E-state index < -0.39 is 16.1 Å². The minimum Gasteiger partial charge on any atom is -0.506 e. The van der Waals surface area contributed by atoms with E-state index >= 15 is 0 Å². The number of rotatable bonds is 12. The van der Waals surface area contributed by atoms with Crippen LogP contribution < -0.4 is 14.4 Å². The molecule has 0 radical (unpaired) electrons.